The summed E-state index contributed by atoms with van der Waals surface area (Å²) in [6, 6.07) is 5.32. The number of anilines is 1. The van der Waals surface area contributed by atoms with Crippen LogP contribution in [0.3, 0.4) is 0 Å². The van der Waals surface area contributed by atoms with E-state index < -0.39 is 0 Å². The lowest BCUT2D eigenvalue weighted by molar-refractivity contribution is -0.129. The van der Waals surface area contributed by atoms with Crippen LogP contribution in [0.5, 0.6) is 11.5 Å². The summed E-state index contributed by atoms with van der Waals surface area (Å²) >= 11 is 0. The highest BCUT2D eigenvalue weighted by Crippen LogP contribution is 2.32. The van der Waals surface area contributed by atoms with Crippen LogP contribution < -0.4 is 14.8 Å². The van der Waals surface area contributed by atoms with Gasteiger partial charge < -0.3 is 19.7 Å². The molecule has 1 heterocycles. The van der Waals surface area contributed by atoms with E-state index in [9.17, 15) is 9.59 Å². The SMILES string of the molecule is CCCCN(CCC(=O)Nc1ccc2c(c1)OCCO2)C(C)=O. The Hall–Kier alpha value is -2.24. The zero-order chi connectivity index (χ0) is 16.7. The summed E-state index contributed by atoms with van der Waals surface area (Å²) in [5.74, 6) is 1.22. The number of ether oxygens (including phenoxy) is 2. The van der Waals surface area contributed by atoms with Crippen LogP contribution in [0, 0.1) is 0 Å². The summed E-state index contributed by atoms with van der Waals surface area (Å²) < 4.78 is 10.9. The van der Waals surface area contributed by atoms with Crippen LogP contribution >= 0.6 is 0 Å². The van der Waals surface area contributed by atoms with Crippen LogP contribution in [-0.4, -0.2) is 43.0 Å². The molecule has 6 nitrogen and oxygen atoms in total. The van der Waals surface area contributed by atoms with Crippen LogP contribution in [0.4, 0.5) is 5.69 Å². The highest BCUT2D eigenvalue weighted by molar-refractivity contribution is 5.91. The maximum absolute atomic E-state index is 12.1. The topological polar surface area (TPSA) is 67.9 Å². The van der Waals surface area contributed by atoms with E-state index in [2.05, 4.69) is 12.2 Å². The molecule has 0 radical (unpaired) electrons. The van der Waals surface area contributed by atoms with Gasteiger partial charge in [-0.15, -0.1) is 0 Å². The van der Waals surface area contributed by atoms with E-state index in [1.54, 1.807) is 23.1 Å². The molecule has 0 atom stereocenters. The molecule has 1 N–H and O–H groups in total. The average Bonchev–Trinajstić information content (AvgIpc) is 2.54. The monoisotopic (exact) mass is 320 g/mol. The molecule has 0 unspecified atom stereocenters. The summed E-state index contributed by atoms with van der Waals surface area (Å²) in [6.07, 6.45) is 2.24. The first-order valence-corrected chi connectivity index (χ1v) is 8.05. The molecule has 0 spiro atoms. The first-order chi connectivity index (χ1) is 11.1. The molecule has 0 fully saturated rings. The van der Waals surface area contributed by atoms with Gasteiger partial charge in [0.15, 0.2) is 11.5 Å². The number of carbonyl (C=O) groups excluding carboxylic acids is 2. The van der Waals surface area contributed by atoms with E-state index in [0.29, 0.717) is 43.5 Å². The fourth-order valence-corrected chi connectivity index (χ4v) is 2.36. The molecular formula is C17H24N2O4. The fourth-order valence-electron chi connectivity index (χ4n) is 2.36. The molecule has 126 valence electrons. The van der Waals surface area contributed by atoms with Crippen LogP contribution in [-0.2, 0) is 9.59 Å². The van der Waals surface area contributed by atoms with Crippen molar-refractivity contribution in [3.8, 4) is 11.5 Å². The Morgan fingerprint density at radius 1 is 1.17 bits per heavy atom. The van der Waals surface area contributed by atoms with Gasteiger partial charge in [0.2, 0.25) is 11.8 Å². The Morgan fingerprint density at radius 3 is 2.61 bits per heavy atom. The van der Waals surface area contributed by atoms with Gasteiger partial charge in [0, 0.05) is 38.2 Å². The summed E-state index contributed by atoms with van der Waals surface area (Å²) in [7, 11) is 0. The highest BCUT2D eigenvalue weighted by Gasteiger charge is 2.14. The first kappa shape index (κ1) is 17.1. The number of carbonyl (C=O) groups is 2. The van der Waals surface area contributed by atoms with E-state index in [0.717, 1.165) is 12.8 Å². The van der Waals surface area contributed by atoms with Gasteiger partial charge in [-0.3, -0.25) is 9.59 Å². The average molecular weight is 320 g/mol. The molecule has 2 amide bonds. The summed E-state index contributed by atoms with van der Waals surface area (Å²) in [4.78, 5) is 25.3. The smallest absolute Gasteiger partial charge is 0.226 e. The second kappa shape index (κ2) is 8.41. The van der Waals surface area contributed by atoms with E-state index in [1.165, 1.54) is 6.92 Å². The number of nitrogens with one attached hydrogen (secondary N) is 1. The Bertz CT molecular complexity index is 560. The molecule has 23 heavy (non-hydrogen) atoms. The predicted molar refractivity (Wildman–Crippen MR) is 87.8 cm³/mol. The number of nitrogens with zero attached hydrogens (tertiary/aromatic N) is 1. The van der Waals surface area contributed by atoms with Crippen LogP contribution in [0.25, 0.3) is 0 Å². The third kappa shape index (κ3) is 5.16. The fraction of sp³-hybridized carbons (Fsp3) is 0.529. The van der Waals surface area contributed by atoms with Crippen molar-refractivity contribution < 1.29 is 19.1 Å². The first-order valence-electron chi connectivity index (χ1n) is 8.05. The Labute approximate surface area is 136 Å². The lowest BCUT2D eigenvalue weighted by Gasteiger charge is -2.21. The van der Waals surface area contributed by atoms with Gasteiger partial charge in [0.1, 0.15) is 13.2 Å². The van der Waals surface area contributed by atoms with Gasteiger partial charge in [-0.1, -0.05) is 13.3 Å². The minimum atomic E-state index is -0.121. The molecule has 6 heteroatoms. The van der Waals surface area contributed by atoms with E-state index in [4.69, 9.17) is 9.47 Å². The largest absolute Gasteiger partial charge is 0.486 e. The molecule has 2 rings (SSSR count). The maximum Gasteiger partial charge on any atom is 0.226 e. The second-order valence-corrected chi connectivity index (χ2v) is 5.52. The molecule has 0 bridgehead atoms. The minimum Gasteiger partial charge on any atom is -0.486 e. The Balaban J connectivity index is 1.85. The van der Waals surface area contributed by atoms with E-state index in [1.807, 2.05) is 0 Å². The van der Waals surface area contributed by atoms with Crippen molar-refractivity contribution in [1.29, 1.82) is 0 Å². The van der Waals surface area contributed by atoms with Crippen molar-refractivity contribution in [2.45, 2.75) is 33.1 Å². The van der Waals surface area contributed by atoms with E-state index >= 15 is 0 Å². The number of amides is 2. The summed E-state index contributed by atoms with van der Waals surface area (Å²) in [5.41, 5.74) is 0.669. The van der Waals surface area contributed by atoms with E-state index in [-0.39, 0.29) is 18.2 Å². The van der Waals surface area contributed by atoms with Crippen molar-refractivity contribution in [2.24, 2.45) is 0 Å². The van der Waals surface area contributed by atoms with Gasteiger partial charge in [-0.25, -0.2) is 0 Å². The van der Waals surface area contributed by atoms with Crippen molar-refractivity contribution >= 4 is 17.5 Å². The molecule has 1 aliphatic heterocycles. The molecule has 0 aliphatic carbocycles. The quantitative estimate of drug-likeness (QED) is 0.838. The third-order valence-electron chi connectivity index (χ3n) is 3.66. The molecule has 1 aliphatic rings. The zero-order valence-electron chi connectivity index (χ0n) is 13.8. The molecule has 1 aromatic carbocycles. The summed E-state index contributed by atoms with van der Waals surface area (Å²) in [5, 5.41) is 2.83. The van der Waals surface area contributed by atoms with Gasteiger partial charge >= 0.3 is 0 Å². The van der Waals surface area contributed by atoms with Gasteiger partial charge in [-0.05, 0) is 18.6 Å². The van der Waals surface area contributed by atoms with Crippen molar-refractivity contribution in [2.75, 3.05) is 31.6 Å². The summed E-state index contributed by atoms with van der Waals surface area (Å²) in [6.45, 7) is 5.79. The minimum absolute atomic E-state index is 0.00517. The molecule has 0 saturated heterocycles. The van der Waals surface area contributed by atoms with Crippen molar-refractivity contribution in [1.82, 2.24) is 4.90 Å². The number of fused-ring (bicyclic) bond motifs is 1. The molecule has 0 saturated carbocycles. The Kier molecular flexibility index (Phi) is 6.26. The van der Waals surface area contributed by atoms with Crippen molar-refractivity contribution in [3.63, 3.8) is 0 Å². The lowest BCUT2D eigenvalue weighted by atomic mass is 10.2. The van der Waals surface area contributed by atoms with Crippen LogP contribution in [0.1, 0.15) is 33.1 Å². The van der Waals surface area contributed by atoms with Crippen LogP contribution in [0.15, 0.2) is 18.2 Å². The maximum atomic E-state index is 12.1. The highest BCUT2D eigenvalue weighted by atomic mass is 16.6. The normalized spacial score (nSPS) is 12.6. The zero-order valence-corrected chi connectivity index (χ0v) is 13.8. The molecular weight excluding hydrogens is 296 g/mol. The Morgan fingerprint density at radius 2 is 1.91 bits per heavy atom. The lowest BCUT2D eigenvalue weighted by Crippen LogP contribution is -2.32. The number of hydrogen-bond acceptors (Lipinski definition) is 4. The van der Waals surface area contributed by atoms with Gasteiger partial charge in [0.25, 0.3) is 0 Å². The van der Waals surface area contributed by atoms with Gasteiger partial charge in [-0.2, -0.15) is 0 Å². The standard InChI is InChI=1S/C17H24N2O4/c1-3-4-8-19(13(2)20)9-7-17(21)18-14-5-6-15-16(12-14)23-11-10-22-15/h5-6,12H,3-4,7-11H2,1-2H3,(H,18,21). The van der Waals surface area contributed by atoms with Gasteiger partial charge in [0.05, 0.1) is 0 Å². The number of benzene rings is 1. The number of hydrogen-bond donors (Lipinski definition) is 1. The number of unbranched alkanes of at least 4 members (excludes halogenated alkanes) is 1. The predicted octanol–water partition coefficient (Wildman–Crippen LogP) is 2.44. The molecule has 1 aromatic rings. The number of rotatable bonds is 7. The second-order valence-electron chi connectivity index (χ2n) is 5.52. The van der Waals surface area contributed by atoms with Crippen molar-refractivity contribution in [3.05, 3.63) is 18.2 Å². The van der Waals surface area contributed by atoms with Crippen LogP contribution in [0.2, 0.25) is 0 Å². The third-order valence-corrected chi connectivity index (χ3v) is 3.66. The molecule has 0 aromatic heterocycles.